The summed E-state index contributed by atoms with van der Waals surface area (Å²) in [6.07, 6.45) is 0. The van der Waals surface area contributed by atoms with Gasteiger partial charge in [0.15, 0.2) is 0 Å². The van der Waals surface area contributed by atoms with Crippen molar-refractivity contribution in [3.63, 3.8) is 0 Å². The van der Waals surface area contributed by atoms with Gasteiger partial charge >= 0.3 is 5.97 Å². The van der Waals surface area contributed by atoms with E-state index < -0.39 is 0 Å². The molecule has 0 saturated carbocycles. The van der Waals surface area contributed by atoms with Gasteiger partial charge in [-0.2, -0.15) is 0 Å². The van der Waals surface area contributed by atoms with Crippen molar-refractivity contribution in [2.45, 2.75) is 6.92 Å². The summed E-state index contributed by atoms with van der Waals surface area (Å²) in [5.74, 6) is 0.543. The predicted octanol–water partition coefficient (Wildman–Crippen LogP) is 4.97. The van der Waals surface area contributed by atoms with Crippen LogP contribution in [0.15, 0.2) is 78.9 Å². The van der Waals surface area contributed by atoms with Crippen molar-refractivity contribution in [1.29, 1.82) is 0 Å². The Kier molecular flexibility index (Phi) is 7.86. The summed E-state index contributed by atoms with van der Waals surface area (Å²) in [6.45, 7) is 3.53. The maximum Gasteiger partial charge on any atom is 0.320 e. The molecule has 0 bridgehead atoms. The molecule has 3 aromatic rings. The number of nitrogens with one attached hydrogen (secondary N) is 1. The lowest BCUT2D eigenvalue weighted by atomic mass is 10.0. The highest BCUT2D eigenvalue weighted by atomic mass is 16.5. The zero-order chi connectivity index (χ0) is 21.2. The van der Waals surface area contributed by atoms with Crippen molar-refractivity contribution >= 4 is 17.3 Å². The average molecular weight is 405 g/mol. The number of likely N-dealkylation sites (N-methyl/N-ethyl adjacent to an activating group) is 1. The Bertz CT molecular complexity index is 930. The Hall–Kier alpha value is -3.31. The molecule has 0 aromatic heterocycles. The van der Waals surface area contributed by atoms with Crippen molar-refractivity contribution in [2.24, 2.45) is 0 Å². The van der Waals surface area contributed by atoms with E-state index in [4.69, 9.17) is 9.47 Å². The minimum atomic E-state index is -0.223. The van der Waals surface area contributed by atoms with Gasteiger partial charge in [-0.15, -0.1) is 0 Å². The van der Waals surface area contributed by atoms with Crippen LogP contribution >= 0.6 is 0 Å². The first-order valence-electron chi connectivity index (χ1n) is 10.1. The van der Waals surface area contributed by atoms with Gasteiger partial charge in [-0.3, -0.25) is 9.69 Å². The number of carbonyl (C=O) groups is 1. The third-order valence-electron chi connectivity index (χ3n) is 4.57. The van der Waals surface area contributed by atoms with Crippen LogP contribution in [0.2, 0.25) is 0 Å². The van der Waals surface area contributed by atoms with Crippen LogP contribution in [-0.2, 0) is 9.53 Å². The zero-order valence-corrected chi connectivity index (χ0v) is 17.5. The second-order valence-corrected chi connectivity index (χ2v) is 6.96. The van der Waals surface area contributed by atoms with Crippen LogP contribution in [0, 0.1) is 0 Å². The molecule has 0 spiro atoms. The molecule has 5 nitrogen and oxygen atoms in total. The normalized spacial score (nSPS) is 10.6. The maximum absolute atomic E-state index is 11.6. The van der Waals surface area contributed by atoms with Crippen molar-refractivity contribution < 1.29 is 14.3 Å². The molecule has 1 N–H and O–H groups in total. The van der Waals surface area contributed by atoms with Crippen molar-refractivity contribution in [3.05, 3.63) is 78.9 Å². The molecule has 0 fully saturated rings. The Morgan fingerprint density at radius 1 is 0.933 bits per heavy atom. The first kappa shape index (κ1) is 21.4. The lowest BCUT2D eigenvalue weighted by molar-refractivity contribution is -0.144. The van der Waals surface area contributed by atoms with Gasteiger partial charge in [-0.25, -0.2) is 0 Å². The number of ether oxygens (including phenoxy) is 2. The molecule has 0 heterocycles. The van der Waals surface area contributed by atoms with E-state index >= 15 is 0 Å². The second kappa shape index (κ2) is 11.0. The molecule has 0 atom stereocenters. The first-order chi connectivity index (χ1) is 14.7. The number of esters is 1. The number of hydrogen-bond donors (Lipinski definition) is 1. The lowest BCUT2D eigenvalue weighted by Crippen LogP contribution is -2.31. The fourth-order valence-corrected chi connectivity index (χ4v) is 3.06. The Morgan fingerprint density at radius 3 is 2.33 bits per heavy atom. The van der Waals surface area contributed by atoms with Gasteiger partial charge < -0.3 is 14.8 Å². The topological polar surface area (TPSA) is 50.8 Å². The number of para-hydroxylation sites is 1. The Morgan fingerprint density at radius 2 is 1.63 bits per heavy atom. The highest BCUT2D eigenvalue weighted by Gasteiger charge is 2.10. The van der Waals surface area contributed by atoms with Gasteiger partial charge in [-0.1, -0.05) is 54.6 Å². The molecule has 0 aliphatic rings. The summed E-state index contributed by atoms with van der Waals surface area (Å²) in [5, 5.41) is 3.46. The van der Waals surface area contributed by atoms with Crippen LogP contribution in [0.4, 0.5) is 11.4 Å². The highest BCUT2D eigenvalue weighted by molar-refractivity contribution is 5.75. The number of nitrogens with zero attached hydrogens (tertiary/aromatic N) is 1. The summed E-state index contributed by atoms with van der Waals surface area (Å²) in [4.78, 5) is 13.5. The van der Waals surface area contributed by atoms with E-state index in [1.165, 1.54) is 0 Å². The third kappa shape index (κ3) is 6.36. The monoisotopic (exact) mass is 404 g/mol. The molecular formula is C25H28N2O3. The van der Waals surface area contributed by atoms with E-state index in [2.05, 4.69) is 29.6 Å². The van der Waals surface area contributed by atoms with E-state index in [0.29, 0.717) is 19.8 Å². The minimum Gasteiger partial charge on any atom is -0.490 e. The molecule has 30 heavy (non-hydrogen) atoms. The second-order valence-electron chi connectivity index (χ2n) is 6.96. The summed E-state index contributed by atoms with van der Waals surface area (Å²) in [6, 6.07) is 26.4. The van der Waals surface area contributed by atoms with Crippen molar-refractivity contribution in [3.8, 4) is 16.9 Å². The molecule has 156 valence electrons. The van der Waals surface area contributed by atoms with Gasteiger partial charge in [0.2, 0.25) is 0 Å². The van der Waals surface area contributed by atoms with Crippen LogP contribution in [0.3, 0.4) is 0 Å². The molecule has 0 aliphatic carbocycles. The van der Waals surface area contributed by atoms with Crippen molar-refractivity contribution in [1.82, 2.24) is 4.90 Å². The largest absolute Gasteiger partial charge is 0.490 e. The molecular weight excluding hydrogens is 376 g/mol. The van der Waals surface area contributed by atoms with Gasteiger partial charge in [0, 0.05) is 12.2 Å². The SMILES string of the molecule is CCOC(=O)CN(C)CCOc1ccc(-c2ccccc2)cc1Nc1ccccc1. The van der Waals surface area contributed by atoms with E-state index in [9.17, 15) is 4.79 Å². The zero-order valence-electron chi connectivity index (χ0n) is 17.5. The maximum atomic E-state index is 11.6. The van der Waals surface area contributed by atoms with Crippen molar-refractivity contribution in [2.75, 3.05) is 38.7 Å². The van der Waals surface area contributed by atoms with Crippen LogP contribution < -0.4 is 10.1 Å². The average Bonchev–Trinajstić information content (AvgIpc) is 2.76. The number of carbonyl (C=O) groups excluding carboxylic acids is 1. The molecule has 0 unspecified atom stereocenters. The quantitative estimate of drug-likeness (QED) is 0.484. The molecule has 3 aromatic carbocycles. The van der Waals surface area contributed by atoms with E-state index in [1.807, 2.05) is 66.5 Å². The summed E-state index contributed by atoms with van der Waals surface area (Å²) < 4.78 is 11.0. The third-order valence-corrected chi connectivity index (χ3v) is 4.57. The van der Waals surface area contributed by atoms with Gasteiger partial charge in [0.05, 0.1) is 18.8 Å². The van der Waals surface area contributed by atoms with Gasteiger partial charge in [0.1, 0.15) is 12.4 Å². The van der Waals surface area contributed by atoms with E-state index in [1.54, 1.807) is 6.92 Å². The molecule has 0 saturated heterocycles. The first-order valence-corrected chi connectivity index (χ1v) is 10.1. The van der Waals surface area contributed by atoms with E-state index in [0.717, 1.165) is 28.3 Å². The van der Waals surface area contributed by atoms with Gasteiger partial charge in [0.25, 0.3) is 0 Å². The van der Waals surface area contributed by atoms with Crippen LogP contribution in [-0.4, -0.2) is 44.2 Å². The van der Waals surface area contributed by atoms with Crippen LogP contribution in [0.1, 0.15) is 6.92 Å². The fourth-order valence-electron chi connectivity index (χ4n) is 3.06. The molecule has 0 aliphatic heterocycles. The lowest BCUT2D eigenvalue weighted by Gasteiger charge is -2.18. The molecule has 5 heteroatoms. The van der Waals surface area contributed by atoms with E-state index in [-0.39, 0.29) is 12.5 Å². The number of rotatable bonds is 10. The van der Waals surface area contributed by atoms with Crippen LogP contribution in [0.25, 0.3) is 11.1 Å². The number of benzene rings is 3. The Labute approximate surface area is 178 Å². The summed E-state index contributed by atoms with van der Waals surface area (Å²) in [5.41, 5.74) is 4.15. The Balaban J connectivity index is 1.71. The molecule has 0 radical (unpaired) electrons. The summed E-state index contributed by atoms with van der Waals surface area (Å²) >= 11 is 0. The fraction of sp³-hybridized carbons (Fsp3) is 0.240. The number of hydrogen-bond acceptors (Lipinski definition) is 5. The molecule has 3 rings (SSSR count). The van der Waals surface area contributed by atoms with Gasteiger partial charge in [-0.05, 0) is 49.4 Å². The van der Waals surface area contributed by atoms with Crippen LogP contribution in [0.5, 0.6) is 5.75 Å². The smallest absolute Gasteiger partial charge is 0.320 e. The predicted molar refractivity (Wildman–Crippen MR) is 121 cm³/mol. The standard InChI is InChI=1S/C25H28N2O3/c1-3-29-25(28)19-27(2)16-17-30-24-15-14-21(20-10-6-4-7-11-20)18-23(24)26-22-12-8-5-9-13-22/h4-15,18,26H,3,16-17,19H2,1-2H3. The highest BCUT2D eigenvalue weighted by Crippen LogP contribution is 2.33. The summed E-state index contributed by atoms with van der Waals surface area (Å²) in [7, 11) is 1.88. The molecule has 0 amide bonds. The number of anilines is 2. The minimum absolute atomic E-state index is 0.223.